The van der Waals surface area contributed by atoms with E-state index in [0.29, 0.717) is 47.7 Å². The third kappa shape index (κ3) is 4.18. The van der Waals surface area contributed by atoms with Crippen molar-refractivity contribution in [1.29, 1.82) is 0 Å². The third-order valence-corrected chi connectivity index (χ3v) is 6.70. The van der Waals surface area contributed by atoms with Crippen LogP contribution in [0.5, 0.6) is 0 Å². The van der Waals surface area contributed by atoms with Crippen LogP contribution in [0, 0.1) is 6.92 Å². The highest BCUT2D eigenvalue weighted by Gasteiger charge is 2.24. The van der Waals surface area contributed by atoms with Gasteiger partial charge in [-0.1, -0.05) is 26.8 Å². The topological polar surface area (TPSA) is 99.3 Å². The van der Waals surface area contributed by atoms with Gasteiger partial charge in [0.1, 0.15) is 5.69 Å². The second-order valence-electron chi connectivity index (χ2n) is 6.46. The predicted octanol–water partition coefficient (Wildman–Crippen LogP) is 3.37. The number of nitrogens with one attached hydrogen (secondary N) is 2. The lowest BCUT2D eigenvalue weighted by molar-refractivity contribution is 0.101. The van der Waals surface area contributed by atoms with Crippen LogP contribution in [0.1, 0.15) is 59.8 Å². The van der Waals surface area contributed by atoms with Crippen molar-refractivity contribution in [3.63, 3.8) is 0 Å². The molecule has 2 rings (SSSR count). The highest BCUT2D eigenvalue weighted by Crippen LogP contribution is 2.23. The maximum Gasteiger partial charge on any atom is 0.272 e. The molecule has 1 amide bonds. The quantitative estimate of drug-likeness (QED) is 0.658. The smallest absolute Gasteiger partial charge is 0.272 e. The number of anilines is 1. The fourth-order valence-corrected chi connectivity index (χ4v) is 4.85. The minimum Gasteiger partial charge on any atom is -0.354 e. The van der Waals surface area contributed by atoms with E-state index in [9.17, 15) is 18.0 Å². The number of H-pyrrole nitrogens is 1. The SMILES string of the molecule is CCc1c(C(=O)Nc2cccc(S(=O)(=O)N(CC)CC)c2)[nH]c(C)c1C(C)=O. The summed E-state index contributed by atoms with van der Waals surface area (Å²) >= 11 is 0. The number of hydrogen-bond acceptors (Lipinski definition) is 4. The molecule has 0 fully saturated rings. The second-order valence-corrected chi connectivity index (χ2v) is 8.40. The van der Waals surface area contributed by atoms with Gasteiger partial charge in [0.2, 0.25) is 10.0 Å². The number of aryl methyl sites for hydroxylation is 1. The van der Waals surface area contributed by atoms with E-state index >= 15 is 0 Å². The molecule has 28 heavy (non-hydrogen) atoms. The van der Waals surface area contributed by atoms with E-state index in [4.69, 9.17) is 0 Å². The first-order chi connectivity index (χ1) is 13.2. The lowest BCUT2D eigenvalue weighted by atomic mass is 10.0. The molecule has 7 nitrogen and oxygen atoms in total. The summed E-state index contributed by atoms with van der Waals surface area (Å²) < 4.78 is 26.7. The molecule has 152 valence electrons. The van der Waals surface area contributed by atoms with Crippen LogP contribution in [0.25, 0.3) is 0 Å². The van der Waals surface area contributed by atoms with Gasteiger partial charge in [-0.15, -0.1) is 0 Å². The van der Waals surface area contributed by atoms with Crippen LogP contribution < -0.4 is 5.32 Å². The van der Waals surface area contributed by atoms with E-state index in [-0.39, 0.29) is 10.7 Å². The fourth-order valence-electron chi connectivity index (χ4n) is 3.34. The van der Waals surface area contributed by atoms with E-state index in [2.05, 4.69) is 10.3 Å². The molecule has 0 bridgehead atoms. The number of ketones is 1. The Morgan fingerprint density at radius 1 is 1.14 bits per heavy atom. The molecule has 2 aromatic rings. The number of carbonyl (C=O) groups excluding carboxylic acids is 2. The summed E-state index contributed by atoms with van der Waals surface area (Å²) in [4.78, 5) is 27.8. The minimum atomic E-state index is -3.62. The molecule has 0 saturated heterocycles. The van der Waals surface area contributed by atoms with Crippen LogP contribution in [0.4, 0.5) is 5.69 Å². The summed E-state index contributed by atoms with van der Waals surface area (Å²) in [6.07, 6.45) is 0.526. The highest BCUT2D eigenvalue weighted by molar-refractivity contribution is 7.89. The zero-order valence-corrected chi connectivity index (χ0v) is 17.7. The van der Waals surface area contributed by atoms with E-state index in [1.165, 1.54) is 23.4 Å². The molecule has 0 aliphatic carbocycles. The fraction of sp³-hybridized carbons (Fsp3) is 0.400. The molecule has 2 N–H and O–H groups in total. The van der Waals surface area contributed by atoms with Gasteiger partial charge in [-0.3, -0.25) is 9.59 Å². The van der Waals surface area contributed by atoms with Gasteiger partial charge in [0.15, 0.2) is 5.78 Å². The lowest BCUT2D eigenvalue weighted by Crippen LogP contribution is -2.30. The standard InChI is InChI=1S/C20H27N3O4S/c1-6-17-18(14(5)24)13(4)21-19(17)20(25)22-15-10-9-11-16(12-15)28(26,27)23(7-2)8-3/h9-12,21H,6-8H2,1-5H3,(H,22,25). The number of rotatable bonds is 8. The average molecular weight is 406 g/mol. The minimum absolute atomic E-state index is 0.100. The molecule has 1 heterocycles. The number of sulfonamides is 1. The van der Waals surface area contributed by atoms with E-state index in [1.807, 2.05) is 6.92 Å². The Bertz CT molecular complexity index is 989. The van der Waals surface area contributed by atoms with Gasteiger partial charge < -0.3 is 10.3 Å². The number of aromatic nitrogens is 1. The first-order valence-electron chi connectivity index (χ1n) is 9.31. The normalized spacial score (nSPS) is 11.6. The van der Waals surface area contributed by atoms with Crippen molar-refractivity contribution in [2.24, 2.45) is 0 Å². The monoisotopic (exact) mass is 405 g/mol. The van der Waals surface area contributed by atoms with Crippen LogP contribution in [-0.2, 0) is 16.4 Å². The summed E-state index contributed by atoms with van der Waals surface area (Å²) in [6.45, 7) is 9.39. The molecule has 0 aliphatic rings. The van der Waals surface area contributed by atoms with Crippen LogP contribution in [-0.4, -0.2) is 42.5 Å². The number of hydrogen-bond donors (Lipinski definition) is 2. The highest BCUT2D eigenvalue weighted by atomic mass is 32.2. The van der Waals surface area contributed by atoms with Crippen molar-refractivity contribution in [3.8, 4) is 0 Å². The second kappa shape index (κ2) is 8.70. The molecule has 1 aromatic carbocycles. The largest absolute Gasteiger partial charge is 0.354 e. The van der Waals surface area contributed by atoms with Gasteiger partial charge in [-0.25, -0.2) is 8.42 Å². The van der Waals surface area contributed by atoms with Crippen molar-refractivity contribution in [3.05, 3.63) is 46.8 Å². The Balaban J connectivity index is 2.37. The number of nitrogens with zero attached hydrogens (tertiary/aromatic N) is 1. The number of Topliss-reactive ketones (excluding diaryl/α,β-unsaturated/α-hetero) is 1. The van der Waals surface area contributed by atoms with E-state index in [1.54, 1.807) is 32.9 Å². The van der Waals surface area contributed by atoms with Crippen LogP contribution in [0.15, 0.2) is 29.2 Å². The summed E-state index contributed by atoms with van der Waals surface area (Å²) in [7, 11) is -3.62. The Kier molecular flexibility index (Phi) is 6.79. The third-order valence-electron chi connectivity index (χ3n) is 4.66. The van der Waals surface area contributed by atoms with Crippen LogP contribution in [0.2, 0.25) is 0 Å². The summed E-state index contributed by atoms with van der Waals surface area (Å²) in [5.74, 6) is -0.512. The van der Waals surface area contributed by atoms with Gasteiger partial charge >= 0.3 is 0 Å². The van der Waals surface area contributed by atoms with Crippen molar-refractivity contribution >= 4 is 27.4 Å². The summed E-state index contributed by atoms with van der Waals surface area (Å²) in [6, 6.07) is 6.17. The maximum atomic E-state index is 12.8. The lowest BCUT2D eigenvalue weighted by Gasteiger charge is -2.18. The number of aromatic amines is 1. The van der Waals surface area contributed by atoms with Crippen LogP contribution >= 0.6 is 0 Å². The first kappa shape index (κ1) is 21.8. The van der Waals surface area contributed by atoms with Crippen molar-refractivity contribution in [2.75, 3.05) is 18.4 Å². The molecule has 0 spiro atoms. The number of carbonyl (C=O) groups is 2. The zero-order chi connectivity index (χ0) is 21.1. The van der Waals surface area contributed by atoms with Gasteiger partial charge in [0.25, 0.3) is 5.91 Å². The Morgan fingerprint density at radius 2 is 1.79 bits per heavy atom. The molecule has 0 unspecified atom stereocenters. The molecule has 0 aliphatic heterocycles. The molecule has 0 atom stereocenters. The first-order valence-corrected chi connectivity index (χ1v) is 10.7. The molecule has 8 heteroatoms. The maximum absolute atomic E-state index is 12.8. The molecule has 1 aromatic heterocycles. The number of benzene rings is 1. The molecular weight excluding hydrogens is 378 g/mol. The Labute approximate surface area is 166 Å². The molecule has 0 radical (unpaired) electrons. The van der Waals surface area contributed by atoms with Crippen molar-refractivity contribution in [2.45, 2.75) is 45.9 Å². The number of amides is 1. The van der Waals surface area contributed by atoms with E-state index < -0.39 is 15.9 Å². The summed E-state index contributed by atoms with van der Waals surface area (Å²) in [5.41, 5.74) is 2.53. The van der Waals surface area contributed by atoms with E-state index in [0.717, 1.165) is 0 Å². The predicted molar refractivity (Wildman–Crippen MR) is 109 cm³/mol. The van der Waals surface area contributed by atoms with Crippen molar-refractivity contribution in [1.82, 2.24) is 9.29 Å². The van der Waals surface area contributed by atoms with Gasteiger partial charge in [0.05, 0.1) is 4.90 Å². The van der Waals surface area contributed by atoms with Crippen molar-refractivity contribution < 1.29 is 18.0 Å². The Morgan fingerprint density at radius 3 is 2.32 bits per heavy atom. The van der Waals surface area contributed by atoms with Gasteiger partial charge in [-0.05, 0) is 44.0 Å². The molecule has 0 saturated carbocycles. The molecular formula is C20H27N3O4S. The Hall–Kier alpha value is -2.45. The van der Waals surface area contributed by atoms with Crippen LogP contribution in [0.3, 0.4) is 0 Å². The zero-order valence-electron chi connectivity index (χ0n) is 16.9. The average Bonchev–Trinajstić information content (AvgIpc) is 2.99. The van der Waals surface area contributed by atoms with Gasteiger partial charge in [-0.2, -0.15) is 4.31 Å². The summed E-state index contributed by atoms with van der Waals surface area (Å²) in [5, 5.41) is 2.74. The van der Waals surface area contributed by atoms with Gasteiger partial charge in [0, 0.05) is 30.0 Å².